The third kappa shape index (κ3) is 6.22. The van der Waals surface area contributed by atoms with Gasteiger partial charge in [0, 0.05) is 5.56 Å². The van der Waals surface area contributed by atoms with Crippen molar-refractivity contribution in [2.45, 2.75) is 26.5 Å². The number of hydrogen-bond acceptors (Lipinski definition) is 10. The van der Waals surface area contributed by atoms with Gasteiger partial charge >= 0.3 is 11.9 Å². The first-order valence-electron chi connectivity index (χ1n) is 14.2. The number of methoxy groups -OCH3 is 2. The van der Waals surface area contributed by atoms with Crippen LogP contribution in [0.15, 0.2) is 85.0 Å². The maximum Gasteiger partial charge on any atom is 0.350 e. The zero-order valence-corrected chi connectivity index (χ0v) is 26.6. The van der Waals surface area contributed by atoms with Crippen LogP contribution in [0.25, 0.3) is 5.76 Å². The second kappa shape index (κ2) is 13.7. The lowest BCUT2D eigenvalue weighted by Crippen LogP contribution is -2.29. The number of anilines is 1. The van der Waals surface area contributed by atoms with Crippen molar-refractivity contribution in [3.63, 3.8) is 0 Å². The summed E-state index contributed by atoms with van der Waals surface area (Å²) in [5.74, 6) is -1.47. The Morgan fingerprint density at radius 3 is 2.43 bits per heavy atom. The lowest BCUT2D eigenvalue weighted by Gasteiger charge is -2.24. The number of esters is 1. The number of aliphatic hydroxyl groups is 1. The summed E-state index contributed by atoms with van der Waals surface area (Å²) in [5, 5.41) is 11.8. The average molecular weight is 641 g/mol. The van der Waals surface area contributed by atoms with E-state index in [1.807, 2.05) is 30.3 Å². The van der Waals surface area contributed by atoms with Gasteiger partial charge < -0.3 is 24.1 Å². The Kier molecular flexibility index (Phi) is 9.53. The van der Waals surface area contributed by atoms with E-state index in [4.69, 9.17) is 18.9 Å². The van der Waals surface area contributed by atoms with Gasteiger partial charge in [-0.1, -0.05) is 60.4 Å². The number of nitrogens with zero attached hydrogens (tertiary/aromatic N) is 2. The van der Waals surface area contributed by atoms with Gasteiger partial charge in [0.1, 0.15) is 29.6 Å². The van der Waals surface area contributed by atoms with Crippen LogP contribution in [0.2, 0.25) is 0 Å². The lowest BCUT2D eigenvalue weighted by molar-refractivity contribution is -0.132. The molecule has 1 N–H and O–H groups in total. The smallest absolute Gasteiger partial charge is 0.350 e. The molecule has 11 heteroatoms. The fourth-order valence-corrected chi connectivity index (χ4v) is 6.11. The molecule has 1 aromatic heterocycles. The van der Waals surface area contributed by atoms with E-state index in [2.05, 4.69) is 11.6 Å². The van der Waals surface area contributed by atoms with Crippen molar-refractivity contribution in [2.24, 2.45) is 0 Å². The molecule has 4 aromatic rings. The van der Waals surface area contributed by atoms with Gasteiger partial charge in [-0.3, -0.25) is 14.5 Å². The molecule has 2 heterocycles. The van der Waals surface area contributed by atoms with Crippen molar-refractivity contribution in [3.8, 4) is 17.2 Å². The first-order valence-corrected chi connectivity index (χ1v) is 15.1. The summed E-state index contributed by atoms with van der Waals surface area (Å²) in [6.07, 6.45) is 1.44. The molecule has 0 bridgehead atoms. The van der Waals surface area contributed by atoms with E-state index in [1.54, 1.807) is 50.2 Å². The minimum Gasteiger partial charge on any atom is -0.507 e. The first kappa shape index (κ1) is 32.0. The van der Waals surface area contributed by atoms with Crippen molar-refractivity contribution in [2.75, 3.05) is 25.7 Å². The van der Waals surface area contributed by atoms with Gasteiger partial charge in [0.15, 0.2) is 16.6 Å². The van der Waals surface area contributed by atoms with Gasteiger partial charge in [-0.25, -0.2) is 9.78 Å². The Labute approximate surface area is 270 Å². The Balaban J connectivity index is 1.60. The van der Waals surface area contributed by atoms with Crippen molar-refractivity contribution in [1.29, 1.82) is 0 Å². The van der Waals surface area contributed by atoms with E-state index in [9.17, 15) is 19.5 Å². The Bertz CT molecular complexity index is 1850. The second-order valence-corrected chi connectivity index (χ2v) is 11.3. The van der Waals surface area contributed by atoms with Gasteiger partial charge in [-0.05, 0) is 60.9 Å². The molecule has 1 fully saturated rings. The van der Waals surface area contributed by atoms with Crippen LogP contribution >= 0.6 is 11.3 Å². The van der Waals surface area contributed by atoms with Gasteiger partial charge in [-0.15, -0.1) is 0 Å². The van der Waals surface area contributed by atoms with Crippen LogP contribution in [-0.2, 0) is 20.9 Å². The molecule has 3 aromatic carbocycles. The number of benzene rings is 3. The molecule has 1 aliphatic heterocycles. The highest BCUT2D eigenvalue weighted by Gasteiger charge is 2.49. The minimum atomic E-state index is -1.11. The number of amides is 1. The van der Waals surface area contributed by atoms with E-state index < -0.39 is 23.7 Å². The van der Waals surface area contributed by atoms with Gasteiger partial charge in [0.05, 0.1) is 31.5 Å². The number of hydrogen-bond donors (Lipinski definition) is 1. The summed E-state index contributed by atoms with van der Waals surface area (Å²) in [6, 6.07) is 18.6. The SMILES string of the molecule is C=CCOC(=O)c1sc(N2C(=O)C(=O)C(=C(O)c3ccc(OCc4ccccc4)cc3C)[C@H]2c2ccc(OC)c(OC)c2)nc1C. The minimum absolute atomic E-state index is 0.00288. The average Bonchev–Trinajstić information content (AvgIpc) is 3.58. The molecular weight excluding hydrogens is 608 g/mol. The molecule has 1 atom stereocenters. The van der Waals surface area contributed by atoms with E-state index in [0.29, 0.717) is 46.2 Å². The summed E-state index contributed by atoms with van der Waals surface area (Å²) in [5.41, 5.74) is 2.59. The molecule has 0 spiro atoms. The largest absolute Gasteiger partial charge is 0.507 e. The normalized spacial score (nSPS) is 15.5. The van der Waals surface area contributed by atoms with Gasteiger partial charge in [-0.2, -0.15) is 0 Å². The van der Waals surface area contributed by atoms with E-state index in [-0.39, 0.29) is 27.9 Å². The zero-order valence-electron chi connectivity index (χ0n) is 25.7. The van der Waals surface area contributed by atoms with E-state index in [1.165, 1.54) is 25.2 Å². The highest BCUT2D eigenvalue weighted by molar-refractivity contribution is 7.17. The first-order chi connectivity index (χ1) is 22.2. The molecule has 0 unspecified atom stereocenters. The number of ketones is 1. The van der Waals surface area contributed by atoms with Crippen LogP contribution in [0.5, 0.6) is 17.2 Å². The van der Waals surface area contributed by atoms with Crippen LogP contribution in [-0.4, -0.2) is 48.6 Å². The Hall–Kier alpha value is -5.42. The maximum absolute atomic E-state index is 13.8. The number of thiazole rings is 1. The molecule has 46 heavy (non-hydrogen) atoms. The highest BCUT2D eigenvalue weighted by atomic mass is 32.1. The highest BCUT2D eigenvalue weighted by Crippen LogP contribution is 2.46. The summed E-state index contributed by atoms with van der Waals surface area (Å²) in [4.78, 5) is 46.0. The number of ether oxygens (including phenoxy) is 4. The number of aryl methyl sites for hydroxylation is 2. The van der Waals surface area contributed by atoms with Crippen LogP contribution in [0.4, 0.5) is 5.13 Å². The molecule has 0 saturated carbocycles. The fourth-order valence-electron chi connectivity index (χ4n) is 5.12. The van der Waals surface area contributed by atoms with Crippen LogP contribution in [0.1, 0.15) is 43.7 Å². The second-order valence-electron chi connectivity index (χ2n) is 10.3. The zero-order chi connectivity index (χ0) is 33.0. The molecule has 5 rings (SSSR count). The number of aliphatic hydroxyl groups excluding tert-OH is 1. The number of Topliss-reactive ketones (excluding diaryl/α,β-unsaturated/α-hetero) is 1. The summed E-state index contributed by atoms with van der Waals surface area (Å²) >= 11 is 0.912. The van der Waals surface area contributed by atoms with Gasteiger partial charge in [0.25, 0.3) is 5.78 Å². The third-order valence-electron chi connectivity index (χ3n) is 7.38. The quantitative estimate of drug-likeness (QED) is 0.0659. The topological polar surface area (TPSA) is 124 Å². The van der Waals surface area contributed by atoms with Crippen LogP contribution in [0.3, 0.4) is 0 Å². The van der Waals surface area contributed by atoms with Crippen molar-refractivity contribution in [3.05, 3.63) is 118 Å². The molecule has 1 aliphatic rings. The monoisotopic (exact) mass is 640 g/mol. The molecule has 1 saturated heterocycles. The summed E-state index contributed by atoms with van der Waals surface area (Å²) in [6.45, 7) is 7.29. The number of aromatic nitrogens is 1. The van der Waals surface area contributed by atoms with Crippen LogP contribution < -0.4 is 19.1 Å². The van der Waals surface area contributed by atoms with Crippen molar-refractivity contribution in [1.82, 2.24) is 4.98 Å². The van der Waals surface area contributed by atoms with Gasteiger partial charge in [0.2, 0.25) is 0 Å². The van der Waals surface area contributed by atoms with Crippen molar-refractivity contribution < 1.29 is 38.4 Å². The number of rotatable bonds is 11. The molecular formula is C35H32N2O8S. The predicted molar refractivity (Wildman–Crippen MR) is 174 cm³/mol. The number of carbonyl (C=O) groups is 3. The van der Waals surface area contributed by atoms with E-state index in [0.717, 1.165) is 16.9 Å². The maximum atomic E-state index is 13.8. The molecule has 0 aliphatic carbocycles. The summed E-state index contributed by atoms with van der Waals surface area (Å²) in [7, 11) is 2.96. The summed E-state index contributed by atoms with van der Waals surface area (Å²) < 4.78 is 22.0. The third-order valence-corrected chi connectivity index (χ3v) is 8.51. The van der Waals surface area contributed by atoms with Crippen molar-refractivity contribution >= 4 is 39.9 Å². The Morgan fingerprint density at radius 2 is 1.76 bits per heavy atom. The molecule has 0 radical (unpaired) electrons. The van der Waals surface area contributed by atoms with Crippen LogP contribution in [0, 0.1) is 13.8 Å². The molecule has 236 valence electrons. The van der Waals surface area contributed by atoms with E-state index >= 15 is 0 Å². The molecule has 1 amide bonds. The predicted octanol–water partition coefficient (Wildman–Crippen LogP) is 6.33. The molecule has 10 nitrogen and oxygen atoms in total. The Morgan fingerprint density at radius 1 is 1.02 bits per heavy atom. The standard InChI is InChI=1S/C35H32N2O8S/c1-6-16-44-34(41)32-21(3)36-35(46-32)37-29(23-12-15-26(42-4)27(18-23)43-5)28(31(39)33(37)40)30(38)25-14-13-24(17-20(25)2)45-19-22-10-8-7-9-11-22/h6-15,17-18,29,38H,1,16,19H2,2-5H3/t29-/m1/s1. The number of carbonyl (C=O) groups excluding carboxylic acids is 3. The fraction of sp³-hybridized carbons (Fsp3) is 0.200. The lowest BCUT2D eigenvalue weighted by atomic mass is 9.93.